The number of carbonyl (C=O) groups is 1. The number of amides is 1. The molecule has 34 heavy (non-hydrogen) atoms. The maximum Gasteiger partial charge on any atom is 0.418 e. The topological polar surface area (TPSA) is 72.3 Å². The molecule has 11 heteroatoms. The lowest BCUT2D eigenvalue weighted by Crippen LogP contribution is -2.38. The molecule has 1 saturated heterocycles. The van der Waals surface area contributed by atoms with Crippen molar-refractivity contribution < 1.29 is 22.7 Å². The second kappa shape index (κ2) is 10.1. The molecule has 2 heterocycles. The van der Waals surface area contributed by atoms with Crippen molar-refractivity contribution in [1.82, 2.24) is 14.8 Å². The van der Waals surface area contributed by atoms with E-state index < -0.39 is 22.9 Å². The van der Waals surface area contributed by atoms with Crippen molar-refractivity contribution in [3.05, 3.63) is 59.7 Å². The monoisotopic (exact) mass is 491 g/mol. The maximum atomic E-state index is 13.3. The van der Waals surface area contributed by atoms with E-state index in [1.807, 2.05) is 35.8 Å². The molecule has 1 aliphatic rings. The molecule has 1 aliphatic heterocycles. The highest BCUT2D eigenvalue weighted by atomic mass is 32.2. The number of ether oxygens (including phenoxy) is 1. The van der Waals surface area contributed by atoms with Crippen molar-refractivity contribution in [3.8, 4) is 5.69 Å². The summed E-state index contributed by atoms with van der Waals surface area (Å²) in [7, 11) is 0. The molecule has 3 aromatic rings. The first-order chi connectivity index (χ1) is 16.3. The summed E-state index contributed by atoms with van der Waals surface area (Å²) in [6.45, 7) is 6.04. The first-order valence-electron chi connectivity index (χ1n) is 10.7. The van der Waals surface area contributed by atoms with Crippen molar-refractivity contribution in [2.24, 2.45) is 0 Å². The lowest BCUT2D eigenvalue weighted by Gasteiger charge is -2.28. The van der Waals surface area contributed by atoms with Crippen LogP contribution in [-0.4, -0.2) is 52.2 Å². The smallest absolute Gasteiger partial charge is 0.378 e. The van der Waals surface area contributed by atoms with Gasteiger partial charge in [-0.05, 0) is 37.6 Å². The third kappa shape index (κ3) is 5.20. The number of hydrogen-bond acceptors (Lipinski definition) is 6. The Labute approximate surface area is 199 Å². The highest BCUT2D eigenvalue weighted by Gasteiger charge is 2.34. The minimum atomic E-state index is -4.57. The van der Waals surface area contributed by atoms with Gasteiger partial charge >= 0.3 is 6.18 Å². The lowest BCUT2D eigenvalue weighted by molar-refractivity contribution is -0.137. The molecule has 1 aromatic heterocycles. The van der Waals surface area contributed by atoms with Gasteiger partial charge in [0, 0.05) is 13.1 Å². The third-order valence-electron chi connectivity index (χ3n) is 5.41. The molecule has 0 spiro atoms. The summed E-state index contributed by atoms with van der Waals surface area (Å²) in [4.78, 5) is 14.9. The van der Waals surface area contributed by atoms with Crippen LogP contribution in [-0.2, 0) is 15.7 Å². The van der Waals surface area contributed by atoms with Gasteiger partial charge in [0.2, 0.25) is 11.9 Å². The summed E-state index contributed by atoms with van der Waals surface area (Å²) in [5.74, 6) is 0.0732. The molecule has 1 amide bonds. The second-order valence-corrected chi connectivity index (χ2v) is 9.10. The molecule has 1 unspecified atom stereocenters. The fraction of sp³-hybridized carbons (Fsp3) is 0.348. The Hall–Kier alpha value is -3.05. The van der Waals surface area contributed by atoms with Crippen LogP contribution in [0.3, 0.4) is 0 Å². The molecular formula is C23H24F3N5O2S. The predicted octanol–water partition coefficient (Wildman–Crippen LogP) is 4.55. The van der Waals surface area contributed by atoms with Gasteiger partial charge in [-0.2, -0.15) is 13.2 Å². The number of nitrogens with zero attached hydrogens (tertiary/aromatic N) is 4. The Morgan fingerprint density at radius 2 is 1.76 bits per heavy atom. The van der Waals surface area contributed by atoms with Crippen LogP contribution in [0.25, 0.3) is 5.69 Å². The fourth-order valence-electron chi connectivity index (χ4n) is 3.62. The zero-order valence-corrected chi connectivity index (χ0v) is 19.5. The standard InChI is InChI=1S/C23H24F3N5O2S/c1-15-7-3-6-10-19(15)31-21(30-11-13-33-14-12-30)28-29-22(31)34-16(2)20(32)27-18-9-5-4-8-17(18)23(24,25)26/h3-10,16H,11-14H2,1-2H3,(H,27,32). The van der Waals surface area contributed by atoms with Crippen molar-refractivity contribution in [2.45, 2.75) is 30.4 Å². The van der Waals surface area contributed by atoms with E-state index >= 15 is 0 Å². The van der Waals surface area contributed by atoms with Crippen LogP contribution >= 0.6 is 11.8 Å². The number of benzene rings is 2. The molecule has 1 atom stereocenters. The average Bonchev–Trinajstić information content (AvgIpc) is 3.22. The van der Waals surface area contributed by atoms with Crippen LogP contribution < -0.4 is 10.2 Å². The van der Waals surface area contributed by atoms with Gasteiger partial charge in [0.25, 0.3) is 0 Å². The van der Waals surface area contributed by atoms with E-state index in [-0.39, 0.29) is 5.69 Å². The van der Waals surface area contributed by atoms with Gasteiger partial charge in [-0.1, -0.05) is 42.1 Å². The Bertz CT molecular complexity index is 1160. The van der Waals surface area contributed by atoms with Gasteiger partial charge in [-0.25, -0.2) is 0 Å². The summed E-state index contributed by atoms with van der Waals surface area (Å²) in [5.41, 5.74) is 0.696. The van der Waals surface area contributed by atoms with E-state index in [2.05, 4.69) is 20.4 Å². The van der Waals surface area contributed by atoms with E-state index in [1.165, 1.54) is 18.2 Å². The Morgan fingerprint density at radius 1 is 1.09 bits per heavy atom. The zero-order valence-electron chi connectivity index (χ0n) is 18.7. The van der Waals surface area contributed by atoms with Gasteiger partial charge in [0.15, 0.2) is 5.16 Å². The quantitative estimate of drug-likeness (QED) is 0.510. The van der Waals surface area contributed by atoms with E-state index in [4.69, 9.17) is 4.74 Å². The summed E-state index contributed by atoms with van der Waals surface area (Å²) in [6.07, 6.45) is -4.57. The molecule has 0 aliphatic carbocycles. The molecule has 0 bridgehead atoms. The zero-order chi connectivity index (χ0) is 24.3. The number of morpholine rings is 1. The minimum Gasteiger partial charge on any atom is -0.378 e. The van der Waals surface area contributed by atoms with Crippen LogP contribution in [0.1, 0.15) is 18.1 Å². The number of alkyl halides is 3. The molecular weight excluding hydrogens is 467 g/mol. The van der Waals surface area contributed by atoms with Crippen LogP contribution in [0, 0.1) is 6.92 Å². The summed E-state index contributed by atoms with van der Waals surface area (Å²) < 4.78 is 47.3. The summed E-state index contributed by atoms with van der Waals surface area (Å²) >= 11 is 1.14. The van der Waals surface area contributed by atoms with Gasteiger partial charge < -0.3 is 15.0 Å². The Morgan fingerprint density at radius 3 is 2.47 bits per heavy atom. The number of aromatic nitrogens is 3. The first kappa shape index (κ1) is 24.1. The van der Waals surface area contributed by atoms with Crippen molar-refractivity contribution >= 4 is 29.3 Å². The van der Waals surface area contributed by atoms with E-state index in [0.717, 1.165) is 29.1 Å². The summed E-state index contributed by atoms with van der Waals surface area (Å²) in [6, 6.07) is 12.7. The largest absolute Gasteiger partial charge is 0.418 e. The number of thioether (sulfide) groups is 1. The van der Waals surface area contributed by atoms with E-state index in [1.54, 1.807) is 6.92 Å². The molecule has 1 N–H and O–H groups in total. The molecule has 7 nitrogen and oxygen atoms in total. The highest BCUT2D eigenvalue weighted by molar-refractivity contribution is 8.00. The predicted molar refractivity (Wildman–Crippen MR) is 125 cm³/mol. The van der Waals surface area contributed by atoms with E-state index in [0.29, 0.717) is 37.4 Å². The molecule has 1 fully saturated rings. The molecule has 0 saturated carbocycles. The average molecular weight is 492 g/mol. The molecule has 180 valence electrons. The normalized spacial score (nSPS) is 15.3. The van der Waals surface area contributed by atoms with Crippen LogP contribution in [0.4, 0.5) is 24.8 Å². The maximum absolute atomic E-state index is 13.3. The number of nitrogens with one attached hydrogen (secondary N) is 1. The molecule has 0 radical (unpaired) electrons. The van der Waals surface area contributed by atoms with Crippen molar-refractivity contribution in [3.63, 3.8) is 0 Å². The number of halogens is 3. The minimum absolute atomic E-state index is 0.276. The summed E-state index contributed by atoms with van der Waals surface area (Å²) in [5, 5.41) is 10.9. The van der Waals surface area contributed by atoms with Crippen molar-refractivity contribution in [1.29, 1.82) is 0 Å². The van der Waals surface area contributed by atoms with Crippen LogP contribution in [0.2, 0.25) is 0 Å². The lowest BCUT2D eigenvalue weighted by atomic mass is 10.1. The number of hydrogen-bond donors (Lipinski definition) is 1. The number of aryl methyl sites for hydroxylation is 1. The molecule has 4 rings (SSSR count). The van der Waals surface area contributed by atoms with E-state index in [9.17, 15) is 18.0 Å². The number of anilines is 2. The van der Waals surface area contributed by atoms with Crippen LogP contribution in [0.15, 0.2) is 53.7 Å². The molecule has 2 aromatic carbocycles. The number of carbonyl (C=O) groups excluding carboxylic acids is 1. The van der Waals surface area contributed by atoms with Gasteiger partial charge in [0.1, 0.15) is 0 Å². The van der Waals surface area contributed by atoms with Gasteiger partial charge in [0.05, 0.1) is 35.4 Å². The fourth-order valence-corrected chi connectivity index (χ4v) is 4.47. The van der Waals surface area contributed by atoms with Crippen LogP contribution in [0.5, 0.6) is 0 Å². The highest BCUT2D eigenvalue weighted by Crippen LogP contribution is 2.35. The Balaban J connectivity index is 1.61. The number of para-hydroxylation sites is 2. The van der Waals surface area contributed by atoms with Crippen molar-refractivity contribution in [2.75, 3.05) is 36.5 Å². The second-order valence-electron chi connectivity index (χ2n) is 7.80. The van der Waals surface area contributed by atoms with Gasteiger partial charge in [-0.15, -0.1) is 10.2 Å². The third-order valence-corrected chi connectivity index (χ3v) is 6.45. The Kier molecular flexibility index (Phi) is 7.13. The first-order valence-corrected chi connectivity index (χ1v) is 11.6. The SMILES string of the molecule is Cc1ccccc1-n1c(SC(C)C(=O)Nc2ccccc2C(F)(F)F)nnc1N1CCOCC1. The van der Waals surface area contributed by atoms with Gasteiger partial charge in [-0.3, -0.25) is 9.36 Å². The number of rotatable bonds is 6.